The fraction of sp³-hybridized carbons (Fsp3) is 0.267. The summed E-state index contributed by atoms with van der Waals surface area (Å²) in [7, 11) is 0. The van der Waals surface area contributed by atoms with E-state index in [9.17, 15) is 18.0 Å². The van der Waals surface area contributed by atoms with E-state index < -0.39 is 11.7 Å². The van der Waals surface area contributed by atoms with Gasteiger partial charge in [0.2, 0.25) is 0 Å². The van der Waals surface area contributed by atoms with E-state index in [1.165, 1.54) is 24.5 Å². The summed E-state index contributed by atoms with van der Waals surface area (Å²) in [5.41, 5.74) is 2.72. The molecule has 1 N–H and O–H groups in total. The van der Waals surface area contributed by atoms with E-state index in [0.717, 1.165) is 37.2 Å². The number of amides is 1. The average molecular weight is 506 g/mol. The predicted molar refractivity (Wildman–Crippen MR) is 142 cm³/mol. The van der Waals surface area contributed by atoms with Crippen LogP contribution in [0.1, 0.15) is 48.3 Å². The summed E-state index contributed by atoms with van der Waals surface area (Å²) in [6.45, 7) is 7.14. The first kappa shape index (κ1) is 26.4. The molecule has 0 radical (unpaired) electrons. The Hall–Kier alpha value is -3.71. The van der Waals surface area contributed by atoms with Gasteiger partial charge in [0.1, 0.15) is 5.69 Å². The summed E-state index contributed by atoms with van der Waals surface area (Å²) in [5, 5.41) is 3.61. The minimum atomic E-state index is -4.44. The maximum Gasteiger partial charge on any atom is 0.416 e. The Kier molecular flexibility index (Phi) is 8.24. The maximum absolute atomic E-state index is 13.2. The lowest BCUT2D eigenvalue weighted by molar-refractivity contribution is -0.137. The van der Waals surface area contributed by atoms with Gasteiger partial charge in [-0.1, -0.05) is 62.4 Å². The van der Waals surface area contributed by atoms with E-state index in [1.807, 2.05) is 44.2 Å². The first-order chi connectivity index (χ1) is 17.9. The van der Waals surface area contributed by atoms with Crippen molar-refractivity contribution in [2.75, 3.05) is 18.4 Å². The van der Waals surface area contributed by atoms with Crippen LogP contribution in [0, 0.1) is 0 Å². The van der Waals surface area contributed by atoms with Crippen LogP contribution in [0.2, 0.25) is 0 Å². The highest BCUT2D eigenvalue weighted by Crippen LogP contribution is 2.34. The summed E-state index contributed by atoms with van der Waals surface area (Å²) in [6.07, 6.45) is -1.96. The van der Waals surface area contributed by atoms with Crippen molar-refractivity contribution in [3.05, 3.63) is 95.7 Å². The van der Waals surface area contributed by atoms with Gasteiger partial charge in [0.25, 0.3) is 5.91 Å². The van der Waals surface area contributed by atoms with Crippen molar-refractivity contribution in [2.24, 2.45) is 0 Å². The summed E-state index contributed by atoms with van der Waals surface area (Å²) >= 11 is 0. The Morgan fingerprint density at radius 3 is 2.32 bits per heavy atom. The molecule has 1 saturated heterocycles. The number of nitrogens with zero attached hydrogens (tertiary/aromatic N) is 2. The van der Waals surface area contributed by atoms with Gasteiger partial charge in [0.15, 0.2) is 0 Å². The van der Waals surface area contributed by atoms with Crippen molar-refractivity contribution in [1.29, 1.82) is 0 Å². The second-order valence-corrected chi connectivity index (χ2v) is 8.79. The van der Waals surface area contributed by atoms with Crippen molar-refractivity contribution in [2.45, 2.75) is 39.4 Å². The number of benzene rings is 3. The van der Waals surface area contributed by atoms with Crippen molar-refractivity contribution >= 4 is 22.5 Å². The molecule has 1 aromatic heterocycles. The summed E-state index contributed by atoms with van der Waals surface area (Å²) < 4.78 is 39.7. The predicted octanol–water partition coefficient (Wildman–Crippen LogP) is 7.79. The molecule has 0 spiro atoms. The highest BCUT2D eigenvalue weighted by molar-refractivity contribution is 6.05. The molecule has 192 valence electrons. The first-order valence-electron chi connectivity index (χ1n) is 12.6. The Morgan fingerprint density at radius 1 is 0.919 bits per heavy atom. The van der Waals surface area contributed by atoms with Crippen LogP contribution in [0.25, 0.3) is 22.0 Å². The minimum Gasteiger partial charge on any atom is -0.321 e. The minimum absolute atomic E-state index is 0.193. The third kappa shape index (κ3) is 6.35. The smallest absolute Gasteiger partial charge is 0.321 e. The number of carbonyl (C=O) groups is 1. The van der Waals surface area contributed by atoms with E-state index in [2.05, 4.69) is 15.2 Å². The number of para-hydroxylation sites is 1. The molecule has 1 amide bonds. The van der Waals surface area contributed by atoms with Crippen molar-refractivity contribution < 1.29 is 18.0 Å². The van der Waals surface area contributed by atoms with Gasteiger partial charge in [-0.15, -0.1) is 0 Å². The zero-order valence-corrected chi connectivity index (χ0v) is 21.0. The zero-order chi connectivity index (χ0) is 26.4. The van der Waals surface area contributed by atoms with Gasteiger partial charge in [0.05, 0.1) is 11.1 Å². The van der Waals surface area contributed by atoms with E-state index in [1.54, 1.807) is 30.3 Å². The molecule has 3 aromatic carbocycles. The van der Waals surface area contributed by atoms with Crippen LogP contribution in [0.3, 0.4) is 0 Å². The van der Waals surface area contributed by atoms with Gasteiger partial charge >= 0.3 is 6.18 Å². The van der Waals surface area contributed by atoms with Gasteiger partial charge in [-0.25, -0.2) is 4.98 Å². The highest BCUT2D eigenvalue weighted by atomic mass is 19.4. The maximum atomic E-state index is 13.2. The second kappa shape index (κ2) is 11.6. The van der Waals surface area contributed by atoms with Crippen molar-refractivity contribution in [3.63, 3.8) is 0 Å². The number of pyridine rings is 1. The van der Waals surface area contributed by atoms with E-state index >= 15 is 0 Å². The monoisotopic (exact) mass is 505 g/mol. The van der Waals surface area contributed by atoms with E-state index in [0.29, 0.717) is 22.3 Å². The molecule has 0 atom stereocenters. The molecule has 0 bridgehead atoms. The Bertz CT molecular complexity index is 1360. The largest absolute Gasteiger partial charge is 0.416 e. The molecule has 37 heavy (non-hydrogen) atoms. The SMILES string of the molecule is CC.O=C(Nc1ccc(CN2CCCC2)cc1)c1ccc2cccc(-c3cccc(C(F)(F)F)c3)c2n1. The topological polar surface area (TPSA) is 45.2 Å². The van der Waals surface area contributed by atoms with Gasteiger partial charge in [-0.2, -0.15) is 13.2 Å². The molecule has 2 heterocycles. The van der Waals surface area contributed by atoms with Crippen LogP contribution < -0.4 is 5.32 Å². The molecule has 5 rings (SSSR count). The molecule has 1 aliphatic heterocycles. The van der Waals surface area contributed by atoms with Crippen LogP contribution in [-0.2, 0) is 12.7 Å². The average Bonchev–Trinajstić information content (AvgIpc) is 3.43. The zero-order valence-electron chi connectivity index (χ0n) is 21.0. The number of rotatable bonds is 5. The molecule has 0 unspecified atom stereocenters. The molecular weight excluding hydrogens is 475 g/mol. The molecule has 0 saturated carbocycles. The summed E-state index contributed by atoms with van der Waals surface area (Å²) in [4.78, 5) is 19.9. The number of carbonyl (C=O) groups excluding carboxylic acids is 1. The number of likely N-dealkylation sites (tertiary alicyclic amines) is 1. The van der Waals surface area contributed by atoms with E-state index in [4.69, 9.17) is 0 Å². The molecule has 4 nitrogen and oxygen atoms in total. The number of alkyl halides is 3. The Morgan fingerprint density at radius 2 is 1.62 bits per heavy atom. The number of anilines is 1. The fourth-order valence-corrected chi connectivity index (χ4v) is 4.46. The van der Waals surface area contributed by atoms with Gasteiger partial charge < -0.3 is 5.32 Å². The van der Waals surface area contributed by atoms with Crippen LogP contribution in [0.15, 0.2) is 78.9 Å². The first-order valence-corrected chi connectivity index (χ1v) is 12.6. The number of hydrogen-bond acceptors (Lipinski definition) is 3. The lowest BCUT2D eigenvalue weighted by Crippen LogP contribution is -2.18. The van der Waals surface area contributed by atoms with Crippen molar-refractivity contribution in [3.8, 4) is 11.1 Å². The van der Waals surface area contributed by atoms with Gasteiger partial charge in [-0.3, -0.25) is 9.69 Å². The Labute approximate surface area is 215 Å². The van der Waals surface area contributed by atoms with Gasteiger partial charge in [-0.05, 0) is 67.4 Å². The lowest BCUT2D eigenvalue weighted by Gasteiger charge is -2.15. The summed E-state index contributed by atoms with van der Waals surface area (Å²) in [5.74, 6) is -0.377. The lowest BCUT2D eigenvalue weighted by atomic mass is 9.99. The third-order valence-corrected chi connectivity index (χ3v) is 6.27. The summed E-state index contributed by atoms with van der Waals surface area (Å²) in [6, 6.07) is 21.6. The standard InChI is InChI=1S/C28H24F3N3O.C2H6/c29-28(30,31)22-7-3-6-21(17-22)24-8-4-5-20-11-14-25(33-26(20)24)27(35)32-23-12-9-19(10-13-23)18-34-15-1-2-16-34;1-2/h3-14,17H,1-2,15-16,18H2,(H,32,35);1-2H3. The van der Waals surface area contributed by atoms with Crippen LogP contribution in [-0.4, -0.2) is 28.9 Å². The number of aromatic nitrogens is 1. The number of hydrogen-bond donors (Lipinski definition) is 1. The second-order valence-electron chi connectivity index (χ2n) is 8.79. The molecule has 1 aliphatic rings. The van der Waals surface area contributed by atoms with E-state index in [-0.39, 0.29) is 11.6 Å². The number of nitrogens with one attached hydrogen (secondary N) is 1. The van der Waals surface area contributed by atoms with Crippen LogP contribution in [0.4, 0.5) is 18.9 Å². The number of halogens is 3. The molecule has 4 aromatic rings. The van der Waals surface area contributed by atoms with Crippen molar-refractivity contribution in [1.82, 2.24) is 9.88 Å². The molecule has 0 aliphatic carbocycles. The Balaban J connectivity index is 0.00000156. The fourth-order valence-electron chi connectivity index (χ4n) is 4.46. The molecule has 1 fully saturated rings. The number of fused-ring (bicyclic) bond motifs is 1. The van der Waals surface area contributed by atoms with Gasteiger partial charge in [0, 0.05) is 23.2 Å². The molecular formula is C30H30F3N3O. The normalized spacial score (nSPS) is 13.8. The third-order valence-electron chi connectivity index (χ3n) is 6.27. The quantitative estimate of drug-likeness (QED) is 0.301. The van der Waals surface area contributed by atoms with Crippen LogP contribution in [0.5, 0.6) is 0 Å². The highest BCUT2D eigenvalue weighted by Gasteiger charge is 2.30. The molecule has 7 heteroatoms. The van der Waals surface area contributed by atoms with Crippen LogP contribution >= 0.6 is 0 Å².